The monoisotopic (exact) mass is 239 g/mol. The number of nitrogens with zero attached hydrogens (tertiary/aromatic N) is 5. The second kappa shape index (κ2) is 4.80. The molecule has 0 aliphatic heterocycles. The third-order valence-electron chi connectivity index (χ3n) is 2.90. The molecule has 0 aliphatic carbocycles. The van der Waals surface area contributed by atoms with Gasteiger partial charge in [-0.2, -0.15) is 10.4 Å². The fourth-order valence-electron chi connectivity index (χ4n) is 1.64. The summed E-state index contributed by atoms with van der Waals surface area (Å²) in [5, 5.41) is 17.4. The van der Waals surface area contributed by atoms with E-state index in [9.17, 15) is 5.26 Å². The zero-order valence-corrected chi connectivity index (χ0v) is 10.5. The van der Waals surface area contributed by atoms with Crippen LogP contribution >= 0.6 is 0 Å². The van der Waals surface area contributed by atoms with Gasteiger partial charge in [-0.15, -0.1) is 5.10 Å². The Hall–Kier alpha value is -2.48. The lowest BCUT2D eigenvalue weighted by Crippen LogP contribution is -2.15. The predicted molar refractivity (Wildman–Crippen MR) is 68.5 cm³/mol. The molecule has 0 bridgehead atoms. The van der Waals surface area contributed by atoms with E-state index in [-0.39, 0.29) is 0 Å². The van der Waals surface area contributed by atoms with Gasteiger partial charge in [-0.3, -0.25) is 4.98 Å². The summed E-state index contributed by atoms with van der Waals surface area (Å²) in [7, 11) is 1.84. The van der Waals surface area contributed by atoms with E-state index >= 15 is 0 Å². The molecule has 0 aliphatic rings. The normalized spacial score (nSPS) is 9.89. The van der Waals surface area contributed by atoms with Crippen LogP contribution in [0.2, 0.25) is 0 Å². The third kappa shape index (κ3) is 2.00. The molecule has 0 fully saturated rings. The van der Waals surface area contributed by atoms with E-state index in [4.69, 9.17) is 0 Å². The fraction of sp³-hybridized carbons (Fsp3) is 0.231. The highest BCUT2D eigenvalue weighted by Gasteiger charge is 2.15. The highest BCUT2D eigenvalue weighted by atomic mass is 15.3. The molecule has 18 heavy (non-hydrogen) atoms. The van der Waals surface area contributed by atoms with Crippen LogP contribution in [0.25, 0.3) is 0 Å². The van der Waals surface area contributed by atoms with Crippen LogP contribution in [0.15, 0.2) is 24.5 Å². The molecule has 0 saturated heterocycles. The summed E-state index contributed by atoms with van der Waals surface area (Å²) in [5.41, 5.74) is 3.05. The van der Waals surface area contributed by atoms with Gasteiger partial charge in [0.25, 0.3) is 0 Å². The molecule has 5 heteroatoms. The maximum Gasteiger partial charge on any atom is 0.173 e. The lowest BCUT2D eigenvalue weighted by Gasteiger charge is -2.19. The minimum absolute atomic E-state index is 0.550. The molecule has 0 amide bonds. The predicted octanol–water partition coefficient (Wildman–Crippen LogP) is 2.13. The van der Waals surface area contributed by atoms with Gasteiger partial charge in [-0.05, 0) is 31.5 Å². The zero-order valence-electron chi connectivity index (χ0n) is 10.5. The largest absolute Gasteiger partial charge is 0.326 e. The van der Waals surface area contributed by atoms with Crippen molar-refractivity contribution in [3.63, 3.8) is 0 Å². The van der Waals surface area contributed by atoms with Gasteiger partial charge < -0.3 is 4.90 Å². The van der Waals surface area contributed by atoms with Crippen LogP contribution in [-0.2, 0) is 0 Å². The Kier molecular flexibility index (Phi) is 3.20. The first-order chi connectivity index (χ1) is 8.65. The second-order valence-corrected chi connectivity index (χ2v) is 3.99. The van der Waals surface area contributed by atoms with Crippen molar-refractivity contribution in [3.05, 3.63) is 41.3 Å². The van der Waals surface area contributed by atoms with Crippen LogP contribution in [0.4, 0.5) is 11.5 Å². The highest BCUT2D eigenvalue weighted by Crippen LogP contribution is 2.25. The first-order valence-electron chi connectivity index (χ1n) is 5.53. The highest BCUT2D eigenvalue weighted by molar-refractivity contribution is 5.65. The molecule has 2 heterocycles. The van der Waals surface area contributed by atoms with Crippen molar-refractivity contribution in [1.29, 1.82) is 5.26 Å². The molecule has 2 aromatic heterocycles. The van der Waals surface area contributed by atoms with Crippen molar-refractivity contribution in [2.45, 2.75) is 13.8 Å². The lowest BCUT2D eigenvalue weighted by atomic mass is 10.1. The Morgan fingerprint density at radius 2 is 2.06 bits per heavy atom. The van der Waals surface area contributed by atoms with E-state index < -0.39 is 0 Å². The van der Waals surface area contributed by atoms with Crippen molar-refractivity contribution >= 4 is 11.5 Å². The Balaban J connectivity index is 2.53. The SMILES string of the molecule is Cc1nnc(N(C)c2cccnc2)c(C#N)c1C. The lowest BCUT2D eigenvalue weighted by molar-refractivity contribution is 0.928. The molecule has 0 unspecified atom stereocenters. The molecular formula is C13H13N5. The van der Waals surface area contributed by atoms with Gasteiger partial charge in [0, 0.05) is 13.2 Å². The number of hydrogen-bond donors (Lipinski definition) is 0. The van der Waals surface area contributed by atoms with Crippen LogP contribution in [0.3, 0.4) is 0 Å². The molecule has 0 spiro atoms. The first-order valence-corrected chi connectivity index (χ1v) is 5.53. The van der Waals surface area contributed by atoms with Crippen LogP contribution in [-0.4, -0.2) is 22.2 Å². The maximum absolute atomic E-state index is 9.26. The Morgan fingerprint density at radius 3 is 2.67 bits per heavy atom. The van der Waals surface area contributed by atoms with E-state index in [1.165, 1.54) is 0 Å². The van der Waals surface area contributed by atoms with E-state index in [2.05, 4.69) is 21.3 Å². The van der Waals surface area contributed by atoms with Crippen molar-refractivity contribution in [2.75, 3.05) is 11.9 Å². The summed E-state index contributed by atoms with van der Waals surface area (Å²) in [6.07, 6.45) is 3.42. The molecule has 5 nitrogen and oxygen atoms in total. The van der Waals surface area contributed by atoms with Crippen LogP contribution in [0.1, 0.15) is 16.8 Å². The molecule has 2 rings (SSSR count). The van der Waals surface area contributed by atoms with Crippen LogP contribution < -0.4 is 4.90 Å². The minimum atomic E-state index is 0.550. The quantitative estimate of drug-likeness (QED) is 0.803. The first kappa shape index (κ1) is 12.0. The number of nitriles is 1. The van der Waals surface area contributed by atoms with Crippen LogP contribution in [0.5, 0.6) is 0 Å². The Labute approximate surface area is 106 Å². The van der Waals surface area contributed by atoms with Gasteiger partial charge in [0.1, 0.15) is 11.6 Å². The van der Waals surface area contributed by atoms with Crippen LogP contribution in [0, 0.1) is 25.2 Å². The summed E-state index contributed by atoms with van der Waals surface area (Å²) in [4.78, 5) is 5.86. The summed E-state index contributed by atoms with van der Waals surface area (Å²) in [6, 6.07) is 5.94. The molecule has 0 N–H and O–H groups in total. The average Bonchev–Trinajstić information content (AvgIpc) is 2.42. The molecule has 2 aromatic rings. The number of pyridine rings is 1. The van der Waals surface area contributed by atoms with Crippen molar-refractivity contribution in [2.24, 2.45) is 0 Å². The summed E-state index contributed by atoms with van der Waals surface area (Å²) >= 11 is 0. The van der Waals surface area contributed by atoms with Gasteiger partial charge in [-0.25, -0.2) is 0 Å². The van der Waals surface area contributed by atoms with Crippen molar-refractivity contribution in [1.82, 2.24) is 15.2 Å². The fourth-order valence-corrected chi connectivity index (χ4v) is 1.64. The van der Waals surface area contributed by atoms with Crippen molar-refractivity contribution < 1.29 is 0 Å². The van der Waals surface area contributed by atoms with E-state index in [1.807, 2.05) is 37.9 Å². The maximum atomic E-state index is 9.26. The van der Waals surface area contributed by atoms with E-state index in [0.29, 0.717) is 11.4 Å². The number of hydrogen-bond acceptors (Lipinski definition) is 5. The van der Waals surface area contributed by atoms with Gasteiger partial charge in [0.2, 0.25) is 0 Å². The molecule has 0 radical (unpaired) electrons. The topological polar surface area (TPSA) is 65.7 Å². The molecule has 0 saturated carbocycles. The second-order valence-electron chi connectivity index (χ2n) is 3.99. The third-order valence-corrected chi connectivity index (χ3v) is 2.90. The number of aryl methyl sites for hydroxylation is 1. The zero-order chi connectivity index (χ0) is 13.1. The van der Waals surface area contributed by atoms with Gasteiger partial charge >= 0.3 is 0 Å². The Bertz CT molecular complexity index is 601. The average molecular weight is 239 g/mol. The molecule has 90 valence electrons. The van der Waals surface area contributed by atoms with Gasteiger partial charge in [0.05, 0.1) is 17.6 Å². The van der Waals surface area contributed by atoms with Crippen molar-refractivity contribution in [3.8, 4) is 6.07 Å². The number of anilines is 2. The Morgan fingerprint density at radius 1 is 1.28 bits per heavy atom. The summed E-state index contributed by atoms with van der Waals surface area (Å²) in [6.45, 7) is 3.72. The number of rotatable bonds is 2. The number of aromatic nitrogens is 3. The summed E-state index contributed by atoms with van der Waals surface area (Å²) < 4.78 is 0. The minimum Gasteiger partial charge on any atom is -0.326 e. The van der Waals surface area contributed by atoms with Gasteiger partial charge in [0.15, 0.2) is 5.82 Å². The molecular weight excluding hydrogens is 226 g/mol. The smallest absolute Gasteiger partial charge is 0.173 e. The molecule has 0 atom stereocenters. The van der Waals surface area contributed by atoms with E-state index in [1.54, 1.807) is 12.4 Å². The summed E-state index contributed by atoms with van der Waals surface area (Å²) in [5.74, 6) is 0.550. The standard InChI is InChI=1S/C13H13N5/c1-9-10(2)16-17-13(12(9)7-14)18(3)11-5-4-6-15-8-11/h4-6,8H,1-3H3. The molecule has 0 aromatic carbocycles. The van der Waals surface area contributed by atoms with E-state index in [0.717, 1.165) is 16.9 Å². The van der Waals surface area contributed by atoms with Gasteiger partial charge in [-0.1, -0.05) is 0 Å².